The molecule has 32 heavy (non-hydrogen) atoms. The van der Waals surface area contributed by atoms with Crippen LogP contribution in [0.2, 0.25) is 5.02 Å². The van der Waals surface area contributed by atoms with Crippen molar-refractivity contribution in [2.24, 2.45) is 5.92 Å². The Kier molecular flexibility index (Phi) is 5.27. The first kappa shape index (κ1) is 20.5. The molecule has 9 nitrogen and oxygen atoms in total. The van der Waals surface area contributed by atoms with Gasteiger partial charge in [0, 0.05) is 30.7 Å². The quantitative estimate of drug-likeness (QED) is 0.584. The van der Waals surface area contributed by atoms with Crippen molar-refractivity contribution in [3.05, 3.63) is 47.0 Å². The molecule has 1 unspecified atom stereocenters. The zero-order valence-corrected chi connectivity index (χ0v) is 17.7. The zero-order valence-electron chi connectivity index (χ0n) is 17.0. The molecule has 0 N–H and O–H groups in total. The number of carbonyl (C=O) groups excluding carboxylic acids is 1. The van der Waals surface area contributed by atoms with Crippen molar-refractivity contribution >= 4 is 29.0 Å². The summed E-state index contributed by atoms with van der Waals surface area (Å²) in [6.07, 6.45) is 5.15. The molecule has 0 aromatic carbocycles. The number of hydrogen-bond acceptors (Lipinski definition) is 7. The van der Waals surface area contributed by atoms with Gasteiger partial charge < -0.3 is 14.5 Å². The van der Waals surface area contributed by atoms with E-state index >= 15 is 4.39 Å². The Hall–Kier alpha value is -3.45. The second kappa shape index (κ2) is 8.24. The molecule has 1 fully saturated rings. The van der Waals surface area contributed by atoms with Crippen molar-refractivity contribution in [3.8, 4) is 11.8 Å². The van der Waals surface area contributed by atoms with E-state index in [9.17, 15) is 10.1 Å². The monoisotopic (exact) mass is 455 g/mol. The van der Waals surface area contributed by atoms with Crippen LogP contribution in [0.3, 0.4) is 0 Å². The molecule has 2 aliphatic rings. The number of halogens is 2. The highest BCUT2D eigenvalue weighted by atomic mass is 35.5. The van der Waals surface area contributed by atoms with Crippen molar-refractivity contribution < 1.29 is 13.9 Å². The lowest BCUT2D eigenvalue weighted by atomic mass is 9.93. The minimum atomic E-state index is -1.35. The number of nitriles is 1. The molecule has 5 rings (SSSR count). The number of rotatable bonds is 2. The number of ether oxygens (including phenoxy) is 1. The summed E-state index contributed by atoms with van der Waals surface area (Å²) in [6, 6.07) is 3.81. The van der Waals surface area contributed by atoms with Crippen molar-refractivity contribution in [1.29, 1.82) is 5.26 Å². The van der Waals surface area contributed by atoms with Crippen LogP contribution >= 0.6 is 11.6 Å². The van der Waals surface area contributed by atoms with Crippen LogP contribution in [0.15, 0.2) is 30.9 Å². The third-order valence-corrected chi connectivity index (χ3v) is 6.16. The molecule has 1 saturated heterocycles. The molecular formula is C21H19ClFN7O2. The number of amides is 1. The highest BCUT2D eigenvalue weighted by Crippen LogP contribution is 2.31. The SMILES string of the molecule is N#Cc1cncc2c1OCCN(C(=O)C1CCN(c3ccnc4c(Cl)cnn34)C[C@@H]1F)C2. The zero-order chi connectivity index (χ0) is 22.2. The van der Waals surface area contributed by atoms with Gasteiger partial charge in [-0.1, -0.05) is 11.6 Å². The van der Waals surface area contributed by atoms with Gasteiger partial charge in [0.25, 0.3) is 0 Å². The van der Waals surface area contributed by atoms with E-state index in [-0.39, 0.29) is 25.6 Å². The summed E-state index contributed by atoms with van der Waals surface area (Å²) < 4.78 is 22.5. The number of nitrogens with zero attached hydrogens (tertiary/aromatic N) is 7. The molecule has 3 aromatic heterocycles. The van der Waals surface area contributed by atoms with E-state index in [1.54, 1.807) is 27.9 Å². The maximum atomic E-state index is 15.3. The summed E-state index contributed by atoms with van der Waals surface area (Å²) in [5.74, 6) is 0.128. The van der Waals surface area contributed by atoms with Crippen LogP contribution in [-0.4, -0.2) is 62.8 Å². The number of fused-ring (bicyclic) bond motifs is 2. The van der Waals surface area contributed by atoms with Crippen molar-refractivity contribution in [3.63, 3.8) is 0 Å². The predicted molar refractivity (Wildman–Crippen MR) is 113 cm³/mol. The fourth-order valence-corrected chi connectivity index (χ4v) is 4.47. The van der Waals surface area contributed by atoms with Gasteiger partial charge >= 0.3 is 0 Å². The molecule has 11 heteroatoms. The Bertz CT molecular complexity index is 1230. The van der Waals surface area contributed by atoms with E-state index in [0.29, 0.717) is 52.9 Å². The van der Waals surface area contributed by atoms with Crippen LogP contribution in [0.4, 0.5) is 10.2 Å². The lowest BCUT2D eigenvalue weighted by Crippen LogP contribution is -2.49. The second-order valence-corrected chi connectivity index (χ2v) is 8.19. The van der Waals surface area contributed by atoms with Gasteiger partial charge in [-0.25, -0.2) is 9.37 Å². The van der Waals surface area contributed by atoms with E-state index in [0.717, 1.165) is 0 Å². The summed E-state index contributed by atoms with van der Waals surface area (Å²) in [4.78, 5) is 24.9. The third-order valence-electron chi connectivity index (χ3n) is 5.89. The largest absolute Gasteiger partial charge is 0.490 e. The third kappa shape index (κ3) is 3.48. The Morgan fingerprint density at radius 1 is 1.31 bits per heavy atom. The minimum absolute atomic E-state index is 0.0636. The van der Waals surface area contributed by atoms with Crippen LogP contribution in [-0.2, 0) is 11.3 Å². The van der Waals surface area contributed by atoms with Crippen molar-refractivity contribution in [2.75, 3.05) is 31.1 Å². The molecule has 0 bridgehead atoms. The van der Waals surface area contributed by atoms with Gasteiger partial charge in [-0.05, 0) is 12.5 Å². The van der Waals surface area contributed by atoms with E-state index in [4.69, 9.17) is 16.3 Å². The molecular weight excluding hydrogens is 437 g/mol. The standard InChI is InChI=1S/C21H19ClFN7O2/c22-16-10-27-30-18(1-3-26-20(16)30)28-4-2-15(17(23)12-28)21(31)29-5-6-32-19-13(7-24)8-25-9-14(19)11-29/h1,3,8-10,15,17H,2,4-6,11-12H2/t15?,17-/m0/s1. The van der Waals surface area contributed by atoms with Crippen molar-refractivity contribution in [2.45, 2.75) is 19.1 Å². The molecule has 2 atom stereocenters. The average Bonchev–Trinajstić information content (AvgIpc) is 3.05. The van der Waals surface area contributed by atoms with Crippen LogP contribution in [0.5, 0.6) is 5.75 Å². The van der Waals surface area contributed by atoms with Crippen LogP contribution < -0.4 is 9.64 Å². The van der Waals surface area contributed by atoms with Gasteiger partial charge in [0.05, 0.1) is 31.7 Å². The molecule has 2 aliphatic heterocycles. The molecule has 164 valence electrons. The molecule has 1 amide bonds. The normalized spacial score (nSPS) is 20.9. The number of carbonyl (C=O) groups is 1. The molecule has 0 saturated carbocycles. The van der Waals surface area contributed by atoms with Gasteiger partial charge in [0.1, 0.15) is 41.0 Å². The summed E-state index contributed by atoms with van der Waals surface area (Å²) in [5.41, 5.74) is 1.49. The smallest absolute Gasteiger partial charge is 0.229 e. The van der Waals surface area contributed by atoms with E-state index in [1.807, 2.05) is 4.90 Å². The Morgan fingerprint density at radius 2 is 2.19 bits per heavy atom. The lowest BCUT2D eigenvalue weighted by Gasteiger charge is -2.37. The average molecular weight is 456 g/mol. The van der Waals surface area contributed by atoms with Crippen LogP contribution in [0, 0.1) is 17.2 Å². The van der Waals surface area contributed by atoms with Gasteiger partial charge in [0.2, 0.25) is 5.91 Å². The fraction of sp³-hybridized carbons (Fsp3) is 0.381. The molecule has 0 radical (unpaired) electrons. The van der Waals surface area contributed by atoms with Gasteiger partial charge in [0.15, 0.2) is 5.65 Å². The predicted octanol–water partition coefficient (Wildman–Crippen LogP) is 2.23. The topological polar surface area (TPSA) is 99.6 Å². The number of piperidine rings is 1. The number of alkyl halides is 1. The summed E-state index contributed by atoms with van der Waals surface area (Å²) >= 11 is 6.11. The first-order valence-electron chi connectivity index (χ1n) is 10.2. The molecule has 0 aliphatic carbocycles. The van der Waals surface area contributed by atoms with Gasteiger partial charge in [-0.15, -0.1) is 0 Å². The van der Waals surface area contributed by atoms with Crippen LogP contribution in [0.25, 0.3) is 5.65 Å². The second-order valence-electron chi connectivity index (χ2n) is 7.78. The minimum Gasteiger partial charge on any atom is -0.490 e. The summed E-state index contributed by atoms with van der Waals surface area (Å²) in [5, 5.41) is 13.9. The van der Waals surface area contributed by atoms with Gasteiger partial charge in [-0.2, -0.15) is 14.9 Å². The first-order chi connectivity index (χ1) is 15.6. The summed E-state index contributed by atoms with van der Waals surface area (Å²) in [6.45, 7) is 1.35. The molecule has 3 aromatic rings. The first-order valence-corrected chi connectivity index (χ1v) is 10.6. The van der Waals surface area contributed by atoms with Gasteiger partial charge in [-0.3, -0.25) is 9.78 Å². The number of hydrogen-bond donors (Lipinski definition) is 0. The Labute approximate surface area is 188 Å². The number of aromatic nitrogens is 4. The maximum Gasteiger partial charge on any atom is 0.229 e. The highest BCUT2D eigenvalue weighted by Gasteiger charge is 2.38. The van der Waals surface area contributed by atoms with Crippen molar-refractivity contribution in [1.82, 2.24) is 24.5 Å². The number of anilines is 1. The fourth-order valence-electron chi connectivity index (χ4n) is 4.30. The molecule has 0 spiro atoms. The Balaban J connectivity index is 1.32. The van der Waals surface area contributed by atoms with E-state index in [1.165, 1.54) is 12.4 Å². The van der Waals surface area contributed by atoms with E-state index in [2.05, 4.69) is 21.1 Å². The Morgan fingerprint density at radius 3 is 3.00 bits per heavy atom. The van der Waals surface area contributed by atoms with E-state index < -0.39 is 12.1 Å². The molecule has 5 heterocycles. The lowest BCUT2D eigenvalue weighted by molar-refractivity contribution is -0.139. The number of pyridine rings is 1. The maximum absolute atomic E-state index is 15.3. The summed E-state index contributed by atoms with van der Waals surface area (Å²) in [7, 11) is 0. The highest BCUT2D eigenvalue weighted by molar-refractivity contribution is 6.33. The van der Waals surface area contributed by atoms with Crippen LogP contribution in [0.1, 0.15) is 17.5 Å².